The van der Waals surface area contributed by atoms with E-state index in [1.54, 1.807) is 18.2 Å². The molecule has 0 atom stereocenters. The maximum atomic E-state index is 5.94. The van der Waals surface area contributed by atoms with E-state index in [4.69, 9.17) is 26.8 Å². The number of ether oxygens (including phenoxy) is 2. The van der Waals surface area contributed by atoms with Crippen molar-refractivity contribution in [2.24, 2.45) is 0 Å². The zero-order chi connectivity index (χ0) is 14.7. The highest BCUT2D eigenvalue weighted by molar-refractivity contribution is 9.10. The fourth-order valence-corrected chi connectivity index (χ4v) is 2.19. The van der Waals surface area contributed by atoms with Gasteiger partial charge >= 0.3 is 0 Å². The molecule has 0 spiro atoms. The van der Waals surface area contributed by atoms with E-state index >= 15 is 0 Å². The Balaban J connectivity index is 2.29. The third-order valence-corrected chi connectivity index (χ3v) is 3.11. The van der Waals surface area contributed by atoms with Gasteiger partial charge in [-0.25, -0.2) is 0 Å². The fraction of sp³-hybridized carbons (Fsp3) is 0.231. The van der Waals surface area contributed by atoms with Crippen molar-refractivity contribution in [3.8, 4) is 17.5 Å². The molecular weight excluding hydrogens is 346 g/mol. The smallest absolute Gasteiger partial charge is 0.249 e. The Morgan fingerprint density at radius 1 is 1.25 bits per heavy atom. The van der Waals surface area contributed by atoms with Crippen LogP contribution < -0.4 is 15.2 Å². The molecule has 20 heavy (non-hydrogen) atoms. The van der Waals surface area contributed by atoms with Gasteiger partial charge in [0.1, 0.15) is 12.1 Å². The van der Waals surface area contributed by atoms with Gasteiger partial charge in [0.25, 0.3) is 0 Å². The second-order valence-electron chi connectivity index (χ2n) is 4.24. The number of rotatable bonds is 4. The summed E-state index contributed by atoms with van der Waals surface area (Å²) in [4.78, 5) is 8.00. The van der Waals surface area contributed by atoms with E-state index in [9.17, 15) is 0 Å². The highest BCUT2D eigenvalue weighted by Gasteiger charge is 2.14. The number of anilines is 1. The van der Waals surface area contributed by atoms with E-state index in [0.717, 1.165) is 0 Å². The molecule has 0 amide bonds. The summed E-state index contributed by atoms with van der Waals surface area (Å²) in [7, 11) is 0. The maximum Gasteiger partial charge on any atom is 0.249 e. The molecule has 0 fully saturated rings. The summed E-state index contributed by atoms with van der Waals surface area (Å²) < 4.78 is 11.8. The minimum Gasteiger partial charge on any atom is -0.473 e. The van der Waals surface area contributed by atoms with Crippen LogP contribution in [0.3, 0.4) is 0 Å². The van der Waals surface area contributed by atoms with E-state index in [-0.39, 0.29) is 17.7 Å². The van der Waals surface area contributed by atoms with Crippen LogP contribution in [-0.2, 0) is 0 Å². The summed E-state index contributed by atoms with van der Waals surface area (Å²) in [6.45, 7) is 3.77. The largest absolute Gasteiger partial charge is 0.473 e. The Hall–Kier alpha value is -1.53. The molecule has 106 valence electrons. The van der Waals surface area contributed by atoms with Gasteiger partial charge < -0.3 is 15.2 Å². The second kappa shape index (κ2) is 6.28. The lowest BCUT2D eigenvalue weighted by Crippen LogP contribution is -2.10. The molecule has 5 nitrogen and oxygen atoms in total. The van der Waals surface area contributed by atoms with Gasteiger partial charge in [0.2, 0.25) is 11.8 Å². The number of hydrogen-bond donors (Lipinski definition) is 1. The molecule has 0 saturated heterocycles. The van der Waals surface area contributed by atoms with Crippen molar-refractivity contribution in [1.29, 1.82) is 0 Å². The van der Waals surface area contributed by atoms with Crippen LogP contribution in [0.2, 0.25) is 5.02 Å². The molecule has 1 aromatic carbocycles. The first-order valence-corrected chi connectivity index (χ1v) is 7.04. The molecular formula is C13H13BrClN3O2. The second-order valence-corrected chi connectivity index (χ2v) is 5.53. The van der Waals surface area contributed by atoms with E-state index < -0.39 is 0 Å². The molecule has 0 radical (unpaired) electrons. The third-order valence-electron chi connectivity index (χ3n) is 2.26. The van der Waals surface area contributed by atoms with E-state index in [2.05, 4.69) is 25.9 Å². The highest BCUT2D eigenvalue weighted by atomic mass is 79.9. The Morgan fingerprint density at radius 3 is 2.60 bits per heavy atom. The minimum absolute atomic E-state index is 0.0395. The van der Waals surface area contributed by atoms with Crippen LogP contribution in [0, 0.1) is 0 Å². The summed E-state index contributed by atoms with van der Waals surface area (Å²) >= 11 is 9.24. The Kier molecular flexibility index (Phi) is 4.67. The summed E-state index contributed by atoms with van der Waals surface area (Å²) in [6, 6.07) is 5.15. The van der Waals surface area contributed by atoms with Crippen molar-refractivity contribution >= 4 is 33.2 Å². The van der Waals surface area contributed by atoms with E-state index in [0.29, 0.717) is 21.1 Å². The number of nitrogens with zero attached hydrogens (tertiary/aromatic N) is 2. The van der Waals surface area contributed by atoms with Gasteiger partial charge in [-0.05, 0) is 48.0 Å². The first-order valence-electron chi connectivity index (χ1n) is 5.87. The maximum absolute atomic E-state index is 5.94. The first kappa shape index (κ1) is 14.9. The van der Waals surface area contributed by atoms with Crippen LogP contribution >= 0.6 is 27.5 Å². The predicted octanol–water partition coefficient (Wildman–Crippen LogP) is 4.05. The molecule has 1 aromatic heterocycles. The molecule has 0 unspecified atom stereocenters. The number of aromatic nitrogens is 2. The van der Waals surface area contributed by atoms with Crippen LogP contribution in [0.4, 0.5) is 5.69 Å². The number of nitrogen functional groups attached to an aromatic ring is 1. The number of nitrogens with two attached hydrogens (primary N) is 1. The van der Waals surface area contributed by atoms with Crippen LogP contribution in [0.5, 0.6) is 17.5 Å². The van der Waals surface area contributed by atoms with E-state index in [1.165, 1.54) is 6.33 Å². The molecule has 2 aromatic rings. The molecule has 0 aliphatic heterocycles. The van der Waals surface area contributed by atoms with Crippen molar-refractivity contribution in [3.05, 3.63) is 34.0 Å². The Labute approximate surface area is 130 Å². The topological polar surface area (TPSA) is 70.3 Å². The number of benzene rings is 1. The van der Waals surface area contributed by atoms with Gasteiger partial charge in [-0.3, -0.25) is 0 Å². The lowest BCUT2D eigenvalue weighted by Gasteiger charge is -2.13. The third kappa shape index (κ3) is 3.52. The SMILES string of the molecule is CC(C)Oc1ncnc(Oc2ccc(Cl)cc2Br)c1N. The average molecular weight is 359 g/mol. The zero-order valence-electron chi connectivity index (χ0n) is 10.9. The van der Waals surface area contributed by atoms with Crippen LogP contribution in [0.15, 0.2) is 29.0 Å². The zero-order valence-corrected chi connectivity index (χ0v) is 13.3. The number of halogens is 2. The molecule has 7 heteroatoms. The van der Waals surface area contributed by atoms with Gasteiger partial charge in [0, 0.05) is 5.02 Å². The van der Waals surface area contributed by atoms with Gasteiger partial charge in [-0.15, -0.1) is 0 Å². The van der Waals surface area contributed by atoms with Crippen LogP contribution in [0.1, 0.15) is 13.8 Å². The van der Waals surface area contributed by atoms with Gasteiger partial charge in [-0.2, -0.15) is 9.97 Å². The minimum atomic E-state index is -0.0395. The molecule has 0 bridgehead atoms. The molecule has 2 N–H and O–H groups in total. The summed E-state index contributed by atoms with van der Waals surface area (Å²) in [5.74, 6) is 1.09. The average Bonchev–Trinajstić information content (AvgIpc) is 2.36. The Bertz CT molecular complexity index is 623. The number of hydrogen-bond acceptors (Lipinski definition) is 5. The fourth-order valence-electron chi connectivity index (χ4n) is 1.42. The van der Waals surface area contributed by atoms with Crippen molar-refractivity contribution in [2.75, 3.05) is 5.73 Å². The molecule has 0 saturated carbocycles. The quantitative estimate of drug-likeness (QED) is 0.892. The monoisotopic (exact) mass is 357 g/mol. The van der Waals surface area contributed by atoms with Crippen LogP contribution in [-0.4, -0.2) is 16.1 Å². The normalized spacial score (nSPS) is 10.7. The van der Waals surface area contributed by atoms with E-state index in [1.807, 2.05) is 13.8 Å². The first-order chi connectivity index (χ1) is 9.47. The molecule has 0 aliphatic carbocycles. The van der Waals surface area contributed by atoms with Gasteiger partial charge in [-0.1, -0.05) is 11.6 Å². The summed E-state index contributed by atoms with van der Waals surface area (Å²) in [6.07, 6.45) is 1.30. The molecule has 0 aliphatic rings. The van der Waals surface area contributed by atoms with Crippen molar-refractivity contribution in [3.63, 3.8) is 0 Å². The van der Waals surface area contributed by atoms with Crippen molar-refractivity contribution < 1.29 is 9.47 Å². The molecule has 1 heterocycles. The highest BCUT2D eigenvalue weighted by Crippen LogP contribution is 2.35. The Morgan fingerprint density at radius 2 is 1.95 bits per heavy atom. The van der Waals surface area contributed by atoms with Gasteiger partial charge in [0.15, 0.2) is 5.69 Å². The van der Waals surface area contributed by atoms with Crippen LogP contribution in [0.25, 0.3) is 0 Å². The summed E-state index contributed by atoms with van der Waals surface area (Å²) in [5.41, 5.74) is 6.20. The predicted molar refractivity (Wildman–Crippen MR) is 81.4 cm³/mol. The van der Waals surface area contributed by atoms with Crippen molar-refractivity contribution in [1.82, 2.24) is 9.97 Å². The standard InChI is InChI=1S/C13H13BrClN3O2/c1-7(2)19-12-11(16)13(18-6-17-12)20-10-4-3-8(15)5-9(10)14/h3-7H,16H2,1-2H3. The lowest BCUT2D eigenvalue weighted by atomic mass is 10.3. The van der Waals surface area contributed by atoms with Gasteiger partial charge in [0.05, 0.1) is 10.6 Å². The van der Waals surface area contributed by atoms with Crippen molar-refractivity contribution in [2.45, 2.75) is 20.0 Å². The summed E-state index contributed by atoms with van der Waals surface area (Å²) in [5, 5.41) is 0.601. The lowest BCUT2D eigenvalue weighted by molar-refractivity contribution is 0.232. The molecule has 2 rings (SSSR count).